The first-order valence-electron chi connectivity index (χ1n) is 5.32. The van der Waals surface area contributed by atoms with E-state index in [4.69, 9.17) is 0 Å². The number of nitrogens with one attached hydrogen (secondary N) is 1. The van der Waals surface area contributed by atoms with Crippen molar-refractivity contribution in [3.8, 4) is 0 Å². The third-order valence-corrected chi connectivity index (χ3v) is 2.90. The normalized spacial score (nSPS) is 10.9. The summed E-state index contributed by atoms with van der Waals surface area (Å²) in [5.41, 5.74) is 0. The van der Waals surface area contributed by atoms with Gasteiger partial charge in [-0.3, -0.25) is 0 Å². The Morgan fingerprint density at radius 1 is 1.21 bits per heavy atom. The molecule has 1 rings (SSSR count). The van der Waals surface area contributed by atoms with Gasteiger partial charge in [0, 0.05) is 6.04 Å². The summed E-state index contributed by atoms with van der Waals surface area (Å²) in [6.45, 7) is 6.42. The van der Waals surface area contributed by atoms with Gasteiger partial charge in [-0.05, 0) is 19.8 Å². The van der Waals surface area contributed by atoms with Crippen LogP contribution in [0.5, 0.6) is 0 Å². The Balaban J connectivity index is 2.46. The molecule has 0 saturated heterocycles. The summed E-state index contributed by atoms with van der Waals surface area (Å²) < 4.78 is 0. The van der Waals surface area contributed by atoms with Crippen molar-refractivity contribution in [3.63, 3.8) is 0 Å². The topological polar surface area (TPSA) is 37.8 Å². The largest absolute Gasteiger partial charge is 0.357 e. The average Bonchev–Trinajstić information content (AvgIpc) is 2.52. The summed E-state index contributed by atoms with van der Waals surface area (Å²) in [7, 11) is 0. The molecule has 0 bridgehead atoms. The minimum absolute atomic E-state index is 0.567. The molecule has 0 radical (unpaired) electrons. The lowest BCUT2D eigenvalue weighted by Gasteiger charge is -2.15. The van der Waals surface area contributed by atoms with Crippen LogP contribution in [-0.4, -0.2) is 16.2 Å². The highest BCUT2D eigenvalue weighted by Crippen LogP contribution is 2.18. The summed E-state index contributed by atoms with van der Waals surface area (Å²) in [5.74, 6) is 0. The van der Waals surface area contributed by atoms with Crippen LogP contribution in [0.15, 0.2) is 0 Å². The second-order valence-corrected chi connectivity index (χ2v) is 4.73. The van der Waals surface area contributed by atoms with E-state index in [-0.39, 0.29) is 0 Å². The Hall–Kier alpha value is -0.640. The van der Waals surface area contributed by atoms with Gasteiger partial charge in [-0.2, -0.15) is 0 Å². The van der Waals surface area contributed by atoms with E-state index in [2.05, 4.69) is 29.4 Å². The number of rotatable bonds is 6. The average molecular weight is 213 g/mol. The molecule has 1 heterocycles. The third-order valence-electron chi connectivity index (χ3n) is 2.13. The van der Waals surface area contributed by atoms with Gasteiger partial charge in [-0.1, -0.05) is 38.0 Å². The van der Waals surface area contributed by atoms with Crippen LogP contribution >= 0.6 is 11.3 Å². The van der Waals surface area contributed by atoms with Crippen molar-refractivity contribution in [2.24, 2.45) is 0 Å². The van der Waals surface area contributed by atoms with Crippen LogP contribution in [0.3, 0.4) is 0 Å². The first-order valence-corrected chi connectivity index (χ1v) is 6.14. The first kappa shape index (κ1) is 11.4. The lowest BCUT2D eigenvalue weighted by Crippen LogP contribution is -2.18. The lowest BCUT2D eigenvalue weighted by atomic mass is 10.1. The van der Waals surface area contributed by atoms with Crippen molar-refractivity contribution in [2.75, 3.05) is 5.32 Å². The van der Waals surface area contributed by atoms with E-state index >= 15 is 0 Å². The van der Waals surface area contributed by atoms with Crippen molar-refractivity contribution in [1.29, 1.82) is 0 Å². The molecule has 1 aromatic heterocycles. The van der Waals surface area contributed by atoms with Crippen molar-refractivity contribution in [2.45, 2.75) is 52.5 Å². The van der Waals surface area contributed by atoms with E-state index < -0.39 is 0 Å². The fraction of sp³-hybridized carbons (Fsp3) is 0.800. The molecule has 0 aromatic carbocycles. The number of aryl methyl sites for hydroxylation is 1. The molecule has 0 aliphatic heterocycles. The second-order valence-electron chi connectivity index (χ2n) is 3.54. The molecule has 0 aliphatic rings. The van der Waals surface area contributed by atoms with E-state index in [1.54, 1.807) is 11.3 Å². The number of nitrogens with zero attached hydrogens (tertiary/aromatic N) is 2. The Morgan fingerprint density at radius 2 is 1.86 bits per heavy atom. The monoisotopic (exact) mass is 213 g/mol. The van der Waals surface area contributed by atoms with Crippen molar-refractivity contribution in [1.82, 2.24) is 10.2 Å². The quantitative estimate of drug-likeness (QED) is 0.788. The van der Waals surface area contributed by atoms with Gasteiger partial charge in [0.15, 0.2) is 0 Å². The first-order chi connectivity index (χ1) is 6.76. The summed E-state index contributed by atoms with van der Waals surface area (Å²) in [6, 6.07) is 0.567. The molecule has 14 heavy (non-hydrogen) atoms. The summed E-state index contributed by atoms with van der Waals surface area (Å²) in [4.78, 5) is 0. The van der Waals surface area contributed by atoms with Gasteiger partial charge in [0.05, 0.1) is 0 Å². The Morgan fingerprint density at radius 3 is 2.29 bits per heavy atom. The second kappa shape index (κ2) is 5.96. The molecule has 0 fully saturated rings. The van der Waals surface area contributed by atoms with E-state index in [0.29, 0.717) is 6.04 Å². The number of anilines is 1. The summed E-state index contributed by atoms with van der Waals surface area (Å²) in [6.07, 6.45) is 4.86. The van der Waals surface area contributed by atoms with Gasteiger partial charge < -0.3 is 5.32 Å². The maximum atomic E-state index is 4.08. The molecule has 0 saturated carbocycles. The zero-order valence-electron chi connectivity index (χ0n) is 9.21. The molecule has 80 valence electrons. The minimum atomic E-state index is 0.567. The molecular weight excluding hydrogens is 194 g/mol. The summed E-state index contributed by atoms with van der Waals surface area (Å²) in [5, 5.41) is 13.5. The molecule has 0 aliphatic carbocycles. The van der Waals surface area contributed by atoms with E-state index in [9.17, 15) is 0 Å². The van der Waals surface area contributed by atoms with Crippen LogP contribution < -0.4 is 5.32 Å². The smallest absolute Gasteiger partial charge is 0.205 e. The highest BCUT2D eigenvalue weighted by atomic mass is 32.1. The van der Waals surface area contributed by atoms with Crippen molar-refractivity contribution >= 4 is 16.5 Å². The molecule has 1 aromatic rings. The van der Waals surface area contributed by atoms with Gasteiger partial charge >= 0.3 is 0 Å². The Bertz CT molecular complexity index is 254. The maximum Gasteiger partial charge on any atom is 0.205 e. The number of hydrogen-bond donors (Lipinski definition) is 1. The van der Waals surface area contributed by atoms with E-state index in [1.807, 2.05) is 6.92 Å². The SMILES string of the molecule is CCCC(CCC)Nc1nnc(C)s1. The molecular formula is C10H19N3S. The van der Waals surface area contributed by atoms with Crippen LogP contribution in [-0.2, 0) is 0 Å². The molecule has 0 amide bonds. The highest BCUT2D eigenvalue weighted by Gasteiger charge is 2.08. The third kappa shape index (κ3) is 3.62. The van der Waals surface area contributed by atoms with Gasteiger partial charge in [-0.15, -0.1) is 10.2 Å². The molecule has 1 N–H and O–H groups in total. The molecule has 0 atom stereocenters. The fourth-order valence-electron chi connectivity index (χ4n) is 1.52. The molecule has 0 unspecified atom stereocenters. The maximum absolute atomic E-state index is 4.08. The van der Waals surface area contributed by atoms with Crippen LogP contribution in [0.4, 0.5) is 5.13 Å². The predicted octanol–water partition coefficient (Wildman–Crippen LogP) is 3.23. The summed E-state index contributed by atoms with van der Waals surface area (Å²) >= 11 is 1.63. The predicted molar refractivity (Wildman–Crippen MR) is 61.9 cm³/mol. The van der Waals surface area contributed by atoms with E-state index in [1.165, 1.54) is 25.7 Å². The van der Waals surface area contributed by atoms with Gasteiger partial charge in [0.2, 0.25) is 5.13 Å². The lowest BCUT2D eigenvalue weighted by molar-refractivity contribution is 0.585. The fourth-order valence-corrected chi connectivity index (χ4v) is 2.18. The zero-order valence-corrected chi connectivity index (χ0v) is 10.0. The zero-order chi connectivity index (χ0) is 10.4. The van der Waals surface area contributed by atoms with Crippen LogP contribution in [0.25, 0.3) is 0 Å². The standard InChI is InChI=1S/C10H19N3S/c1-4-6-9(7-5-2)11-10-13-12-8(3)14-10/h9H,4-7H2,1-3H3,(H,11,13). The van der Waals surface area contributed by atoms with Gasteiger partial charge in [-0.25, -0.2) is 0 Å². The van der Waals surface area contributed by atoms with Gasteiger partial charge in [0.1, 0.15) is 5.01 Å². The van der Waals surface area contributed by atoms with Crippen molar-refractivity contribution in [3.05, 3.63) is 5.01 Å². The van der Waals surface area contributed by atoms with E-state index in [0.717, 1.165) is 10.1 Å². The number of aromatic nitrogens is 2. The number of hydrogen-bond acceptors (Lipinski definition) is 4. The molecule has 0 spiro atoms. The molecule has 3 nitrogen and oxygen atoms in total. The van der Waals surface area contributed by atoms with Crippen LogP contribution in [0.2, 0.25) is 0 Å². The van der Waals surface area contributed by atoms with Crippen LogP contribution in [0, 0.1) is 6.92 Å². The molecule has 4 heteroatoms. The van der Waals surface area contributed by atoms with Gasteiger partial charge in [0.25, 0.3) is 0 Å². The van der Waals surface area contributed by atoms with Crippen LogP contribution in [0.1, 0.15) is 44.5 Å². The van der Waals surface area contributed by atoms with Crippen molar-refractivity contribution < 1.29 is 0 Å². The minimum Gasteiger partial charge on any atom is -0.357 e. The highest BCUT2D eigenvalue weighted by molar-refractivity contribution is 7.15. The Kier molecular flexibility index (Phi) is 4.87. The Labute approximate surface area is 89.9 Å².